The molecular formula is C19H23N3O. The number of nitrogens with zero attached hydrogens (tertiary/aromatic N) is 1. The molecule has 0 aromatic heterocycles. The van der Waals surface area contributed by atoms with Gasteiger partial charge in [-0.3, -0.25) is 9.69 Å². The average Bonchev–Trinajstić information content (AvgIpc) is 2.55. The maximum Gasteiger partial charge on any atom is 0.150 e. The lowest BCUT2D eigenvalue weighted by Gasteiger charge is -2.20. The van der Waals surface area contributed by atoms with E-state index in [1.807, 2.05) is 44.4 Å². The van der Waals surface area contributed by atoms with Crippen LogP contribution in [0.5, 0.6) is 0 Å². The highest BCUT2D eigenvalue weighted by molar-refractivity contribution is 5.80. The second-order valence-electron chi connectivity index (χ2n) is 5.64. The van der Waals surface area contributed by atoms with Crippen LogP contribution in [0.15, 0.2) is 42.5 Å². The standard InChI is InChI=1S/C19H23N3O/c1-21-19-8-4-7-17(14-23)18(19)13-22(2)12-16-6-3-5-15(11-16)9-10-20/h3-8,10-11,14,20-21H,9,12-13H2,1-2H3. The van der Waals surface area contributed by atoms with Crippen molar-refractivity contribution in [2.24, 2.45) is 0 Å². The molecule has 0 amide bonds. The second-order valence-corrected chi connectivity index (χ2v) is 5.64. The number of benzene rings is 2. The van der Waals surface area contributed by atoms with E-state index in [0.29, 0.717) is 13.0 Å². The average molecular weight is 309 g/mol. The molecule has 0 atom stereocenters. The molecule has 0 heterocycles. The van der Waals surface area contributed by atoms with Crippen molar-refractivity contribution in [1.29, 1.82) is 5.41 Å². The first-order chi connectivity index (χ1) is 11.2. The summed E-state index contributed by atoms with van der Waals surface area (Å²) in [4.78, 5) is 13.5. The molecule has 0 aliphatic carbocycles. The predicted octanol–water partition coefficient (Wildman–Crippen LogP) is 3.36. The van der Waals surface area contributed by atoms with E-state index in [9.17, 15) is 4.79 Å². The zero-order valence-corrected chi connectivity index (χ0v) is 13.7. The number of hydrogen-bond donors (Lipinski definition) is 2. The number of carbonyl (C=O) groups is 1. The molecule has 23 heavy (non-hydrogen) atoms. The van der Waals surface area contributed by atoms with E-state index in [4.69, 9.17) is 5.41 Å². The van der Waals surface area contributed by atoms with Crippen molar-refractivity contribution < 1.29 is 4.79 Å². The summed E-state index contributed by atoms with van der Waals surface area (Å²) < 4.78 is 0. The van der Waals surface area contributed by atoms with Gasteiger partial charge in [0.15, 0.2) is 0 Å². The highest BCUT2D eigenvalue weighted by Gasteiger charge is 2.10. The normalized spacial score (nSPS) is 10.6. The number of anilines is 1. The molecule has 0 fully saturated rings. The first-order valence-electron chi connectivity index (χ1n) is 7.68. The maximum absolute atomic E-state index is 11.3. The predicted molar refractivity (Wildman–Crippen MR) is 95.5 cm³/mol. The van der Waals surface area contributed by atoms with Crippen molar-refractivity contribution in [3.8, 4) is 0 Å². The highest BCUT2D eigenvalue weighted by atomic mass is 16.1. The summed E-state index contributed by atoms with van der Waals surface area (Å²) in [5.74, 6) is 0. The lowest BCUT2D eigenvalue weighted by atomic mass is 10.0. The molecule has 0 bridgehead atoms. The SMILES string of the molecule is CNc1cccc(C=O)c1CN(C)Cc1cccc(CC=N)c1. The fourth-order valence-corrected chi connectivity index (χ4v) is 2.74. The monoisotopic (exact) mass is 309 g/mol. The molecule has 4 nitrogen and oxygen atoms in total. The van der Waals surface area contributed by atoms with Gasteiger partial charge in [-0.2, -0.15) is 0 Å². The van der Waals surface area contributed by atoms with Crippen molar-refractivity contribution in [3.63, 3.8) is 0 Å². The van der Waals surface area contributed by atoms with Crippen molar-refractivity contribution >= 4 is 18.2 Å². The first kappa shape index (κ1) is 16.9. The molecule has 0 aliphatic rings. The van der Waals surface area contributed by atoms with E-state index >= 15 is 0 Å². The van der Waals surface area contributed by atoms with E-state index in [2.05, 4.69) is 22.3 Å². The Morgan fingerprint density at radius 2 is 1.87 bits per heavy atom. The summed E-state index contributed by atoms with van der Waals surface area (Å²) in [5.41, 5.74) is 5.08. The van der Waals surface area contributed by atoms with Crippen LogP contribution >= 0.6 is 0 Å². The van der Waals surface area contributed by atoms with Gasteiger partial charge in [0.25, 0.3) is 0 Å². The molecule has 0 aliphatic heterocycles. The van der Waals surface area contributed by atoms with Crippen LogP contribution in [0.4, 0.5) is 5.69 Å². The third-order valence-corrected chi connectivity index (χ3v) is 3.82. The Hall–Kier alpha value is -2.46. The molecule has 0 saturated heterocycles. The smallest absolute Gasteiger partial charge is 0.150 e. The Bertz CT molecular complexity index is 682. The van der Waals surface area contributed by atoms with Crippen LogP contribution in [-0.2, 0) is 19.5 Å². The van der Waals surface area contributed by atoms with Crippen LogP contribution in [0.25, 0.3) is 0 Å². The minimum atomic E-state index is 0.662. The molecule has 0 unspecified atom stereocenters. The summed E-state index contributed by atoms with van der Waals surface area (Å²) >= 11 is 0. The second kappa shape index (κ2) is 8.25. The van der Waals surface area contributed by atoms with Crippen molar-refractivity contribution in [3.05, 3.63) is 64.7 Å². The third-order valence-electron chi connectivity index (χ3n) is 3.82. The van der Waals surface area contributed by atoms with Gasteiger partial charge >= 0.3 is 0 Å². The Morgan fingerprint density at radius 3 is 2.57 bits per heavy atom. The number of nitrogens with one attached hydrogen (secondary N) is 2. The van der Waals surface area contributed by atoms with Crippen LogP contribution in [0, 0.1) is 5.41 Å². The van der Waals surface area contributed by atoms with Gasteiger partial charge in [0.2, 0.25) is 0 Å². The molecule has 4 heteroatoms. The fourth-order valence-electron chi connectivity index (χ4n) is 2.74. The van der Waals surface area contributed by atoms with Crippen LogP contribution in [0.1, 0.15) is 27.0 Å². The number of rotatable bonds is 8. The molecule has 2 rings (SSSR count). The van der Waals surface area contributed by atoms with Gasteiger partial charge in [0.1, 0.15) is 6.29 Å². The summed E-state index contributed by atoms with van der Waals surface area (Å²) in [6, 6.07) is 14.0. The van der Waals surface area contributed by atoms with E-state index in [1.54, 1.807) is 0 Å². The summed E-state index contributed by atoms with van der Waals surface area (Å²) in [6.45, 7) is 1.49. The highest BCUT2D eigenvalue weighted by Crippen LogP contribution is 2.21. The van der Waals surface area contributed by atoms with E-state index < -0.39 is 0 Å². The first-order valence-corrected chi connectivity index (χ1v) is 7.68. The van der Waals surface area contributed by atoms with Gasteiger partial charge in [-0.1, -0.05) is 36.4 Å². The molecule has 120 valence electrons. The summed E-state index contributed by atoms with van der Waals surface area (Å²) in [6.07, 6.45) is 2.99. The Balaban J connectivity index is 2.13. The van der Waals surface area contributed by atoms with Crippen molar-refractivity contribution in [2.45, 2.75) is 19.5 Å². The van der Waals surface area contributed by atoms with E-state index in [-0.39, 0.29) is 0 Å². The lowest BCUT2D eigenvalue weighted by Crippen LogP contribution is -2.19. The summed E-state index contributed by atoms with van der Waals surface area (Å²) in [7, 11) is 3.92. The van der Waals surface area contributed by atoms with Crippen molar-refractivity contribution in [1.82, 2.24) is 4.90 Å². The van der Waals surface area contributed by atoms with Crippen LogP contribution in [0.2, 0.25) is 0 Å². The maximum atomic E-state index is 11.3. The number of carbonyl (C=O) groups excluding carboxylic acids is 1. The largest absolute Gasteiger partial charge is 0.388 e. The van der Waals surface area contributed by atoms with Gasteiger partial charge in [-0.05, 0) is 36.0 Å². The number of hydrogen-bond acceptors (Lipinski definition) is 4. The van der Waals surface area contributed by atoms with Crippen LogP contribution in [0.3, 0.4) is 0 Å². The van der Waals surface area contributed by atoms with Gasteiger partial charge in [0, 0.05) is 37.8 Å². The minimum Gasteiger partial charge on any atom is -0.388 e. The van der Waals surface area contributed by atoms with E-state index in [0.717, 1.165) is 35.2 Å². The minimum absolute atomic E-state index is 0.662. The Labute approximate surface area is 137 Å². The topological polar surface area (TPSA) is 56.2 Å². The van der Waals surface area contributed by atoms with E-state index in [1.165, 1.54) is 11.8 Å². The molecule has 0 spiro atoms. The molecule has 0 saturated carbocycles. The zero-order valence-electron chi connectivity index (χ0n) is 13.7. The quantitative estimate of drug-likeness (QED) is 0.580. The fraction of sp³-hybridized carbons (Fsp3) is 0.263. The molecule has 0 radical (unpaired) electrons. The zero-order chi connectivity index (χ0) is 16.7. The Kier molecular flexibility index (Phi) is 6.06. The van der Waals surface area contributed by atoms with Gasteiger partial charge < -0.3 is 10.7 Å². The van der Waals surface area contributed by atoms with Crippen LogP contribution < -0.4 is 5.32 Å². The van der Waals surface area contributed by atoms with Gasteiger partial charge in [-0.25, -0.2) is 0 Å². The molecule has 2 aromatic rings. The van der Waals surface area contributed by atoms with Gasteiger partial charge in [-0.15, -0.1) is 0 Å². The Morgan fingerprint density at radius 1 is 1.13 bits per heavy atom. The lowest BCUT2D eigenvalue weighted by molar-refractivity contribution is 0.112. The molecule has 2 N–H and O–H groups in total. The molecular weight excluding hydrogens is 286 g/mol. The van der Waals surface area contributed by atoms with Crippen LogP contribution in [-0.4, -0.2) is 31.5 Å². The van der Waals surface area contributed by atoms with Crippen molar-refractivity contribution in [2.75, 3.05) is 19.4 Å². The van der Waals surface area contributed by atoms with Gasteiger partial charge in [0.05, 0.1) is 0 Å². The summed E-state index contributed by atoms with van der Waals surface area (Å²) in [5, 5.41) is 10.4. The third kappa shape index (κ3) is 4.50. The molecule has 2 aromatic carbocycles. The number of aldehydes is 1.